The van der Waals surface area contributed by atoms with Gasteiger partial charge in [0.1, 0.15) is 6.42 Å². The third-order valence-corrected chi connectivity index (χ3v) is 0.982. The van der Waals surface area contributed by atoms with Gasteiger partial charge in [0.2, 0.25) is 5.91 Å². The predicted molar refractivity (Wildman–Crippen MR) is 54.2 cm³/mol. The van der Waals surface area contributed by atoms with Gasteiger partial charge in [-0.05, 0) is 13.3 Å². The molecule has 0 aromatic rings. The number of hydrogen-bond acceptors (Lipinski definition) is 4. The summed E-state index contributed by atoms with van der Waals surface area (Å²) in [4.78, 5) is 9.60. The molecule has 14 heavy (non-hydrogen) atoms. The minimum atomic E-state index is -0.572. The van der Waals surface area contributed by atoms with E-state index in [0.717, 1.165) is 13.0 Å². The molecule has 0 aliphatic carbocycles. The van der Waals surface area contributed by atoms with E-state index in [1.165, 1.54) is 0 Å². The van der Waals surface area contributed by atoms with Crippen LogP contribution in [0, 0.1) is 11.3 Å². The van der Waals surface area contributed by atoms with E-state index < -0.39 is 5.91 Å². The molecule has 0 aliphatic heterocycles. The van der Waals surface area contributed by atoms with Crippen molar-refractivity contribution in [1.29, 1.82) is 5.26 Å². The molecule has 0 heterocycles. The Morgan fingerprint density at radius 3 is 2.43 bits per heavy atom. The third kappa shape index (κ3) is 22.4. The standard InChI is InChI=1S/C6H15NO.C3H4N2O/c1-3-4-8-5-6(2)7;4-2-1-3(5)6/h6H,3-5,7H2,1-2H3;1H2,(H2,5,6). The Morgan fingerprint density at radius 1 is 1.64 bits per heavy atom. The summed E-state index contributed by atoms with van der Waals surface area (Å²) in [6.45, 7) is 5.55. The zero-order valence-corrected chi connectivity index (χ0v) is 8.82. The van der Waals surface area contributed by atoms with Crippen LogP contribution < -0.4 is 11.5 Å². The van der Waals surface area contributed by atoms with Crippen LogP contribution in [-0.4, -0.2) is 25.2 Å². The number of ether oxygens (including phenoxy) is 1. The van der Waals surface area contributed by atoms with Crippen molar-refractivity contribution in [1.82, 2.24) is 0 Å². The van der Waals surface area contributed by atoms with Gasteiger partial charge in [-0.1, -0.05) is 6.92 Å². The Balaban J connectivity index is 0. The highest BCUT2D eigenvalue weighted by Gasteiger charge is 1.90. The SMILES string of the molecule is CCCOCC(C)N.N#CCC(N)=O. The molecule has 0 aromatic heterocycles. The molecule has 82 valence electrons. The molecule has 0 saturated heterocycles. The van der Waals surface area contributed by atoms with Crippen LogP contribution in [0.5, 0.6) is 0 Å². The van der Waals surface area contributed by atoms with Gasteiger partial charge in [0.15, 0.2) is 0 Å². The fourth-order valence-corrected chi connectivity index (χ4v) is 0.491. The number of amides is 1. The van der Waals surface area contributed by atoms with Gasteiger partial charge in [-0.2, -0.15) is 5.26 Å². The summed E-state index contributed by atoms with van der Waals surface area (Å²) in [6, 6.07) is 1.77. The highest BCUT2D eigenvalue weighted by Crippen LogP contribution is 1.81. The number of rotatable bonds is 5. The number of nitriles is 1. The van der Waals surface area contributed by atoms with E-state index in [9.17, 15) is 4.79 Å². The first-order valence-corrected chi connectivity index (χ1v) is 4.53. The second kappa shape index (κ2) is 11.9. The first-order chi connectivity index (χ1) is 6.54. The van der Waals surface area contributed by atoms with Gasteiger partial charge in [-0.25, -0.2) is 0 Å². The molecule has 0 rings (SSSR count). The maximum atomic E-state index is 9.60. The summed E-state index contributed by atoms with van der Waals surface area (Å²) in [5.41, 5.74) is 9.95. The zero-order valence-electron chi connectivity index (χ0n) is 8.82. The van der Waals surface area contributed by atoms with Crippen LogP contribution in [0.3, 0.4) is 0 Å². The van der Waals surface area contributed by atoms with E-state index in [1.807, 2.05) is 6.92 Å². The van der Waals surface area contributed by atoms with Gasteiger partial charge >= 0.3 is 0 Å². The van der Waals surface area contributed by atoms with Crippen LogP contribution in [0.1, 0.15) is 26.7 Å². The Labute approximate surface area is 85.0 Å². The molecule has 1 unspecified atom stereocenters. The molecule has 5 heteroatoms. The van der Waals surface area contributed by atoms with Gasteiger partial charge in [0.25, 0.3) is 0 Å². The van der Waals surface area contributed by atoms with Crippen molar-refractivity contribution in [2.75, 3.05) is 13.2 Å². The van der Waals surface area contributed by atoms with Gasteiger partial charge < -0.3 is 16.2 Å². The monoisotopic (exact) mass is 201 g/mol. The maximum Gasteiger partial charge on any atom is 0.231 e. The molecular weight excluding hydrogens is 182 g/mol. The normalized spacial score (nSPS) is 10.7. The molecular formula is C9H19N3O2. The van der Waals surface area contributed by atoms with Gasteiger partial charge in [-0.3, -0.25) is 4.79 Å². The number of primary amides is 1. The minimum absolute atomic E-state index is 0.181. The van der Waals surface area contributed by atoms with Crippen LogP contribution in [0.25, 0.3) is 0 Å². The molecule has 0 bridgehead atoms. The van der Waals surface area contributed by atoms with Crippen LogP contribution in [0.2, 0.25) is 0 Å². The van der Waals surface area contributed by atoms with Crippen LogP contribution in [-0.2, 0) is 9.53 Å². The van der Waals surface area contributed by atoms with Crippen LogP contribution >= 0.6 is 0 Å². The topological polar surface area (TPSA) is 102 Å². The number of carbonyl (C=O) groups excluding carboxylic acids is 1. The molecule has 4 N–H and O–H groups in total. The summed E-state index contributed by atoms with van der Waals surface area (Å²) in [6.07, 6.45) is 0.896. The molecule has 0 radical (unpaired) electrons. The third-order valence-electron chi connectivity index (χ3n) is 0.982. The van der Waals surface area contributed by atoms with E-state index >= 15 is 0 Å². The number of hydrogen-bond donors (Lipinski definition) is 2. The van der Waals surface area contributed by atoms with E-state index in [0.29, 0.717) is 6.61 Å². The smallest absolute Gasteiger partial charge is 0.231 e. The first kappa shape index (κ1) is 15.4. The minimum Gasteiger partial charge on any atom is -0.380 e. The van der Waals surface area contributed by atoms with E-state index in [2.05, 4.69) is 12.7 Å². The van der Waals surface area contributed by atoms with Crippen molar-refractivity contribution in [3.05, 3.63) is 0 Å². The highest BCUT2D eigenvalue weighted by atomic mass is 16.5. The fraction of sp³-hybridized carbons (Fsp3) is 0.778. The second-order valence-corrected chi connectivity index (χ2v) is 2.85. The van der Waals surface area contributed by atoms with Crippen molar-refractivity contribution in [2.45, 2.75) is 32.7 Å². The van der Waals surface area contributed by atoms with Crippen molar-refractivity contribution >= 4 is 5.91 Å². The van der Waals surface area contributed by atoms with E-state index in [4.69, 9.17) is 15.7 Å². The van der Waals surface area contributed by atoms with Gasteiger partial charge in [-0.15, -0.1) is 0 Å². The lowest BCUT2D eigenvalue weighted by molar-refractivity contribution is -0.117. The van der Waals surface area contributed by atoms with Crippen molar-refractivity contribution in [2.24, 2.45) is 11.5 Å². The predicted octanol–water partition coefficient (Wildman–Crippen LogP) is 0.146. The summed E-state index contributed by atoms with van der Waals surface area (Å²) < 4.78 is 5.12. The van der Waals surface area contributed by atoms with E-state index in [-0.39, 0.29) is 12.5 Å². The van der Waals surface area contributed by atoms with E-state index in [1.54, 1.807) is 6.07 Å². The van der Waals surface area contributed by atoms with Gasteiger partial charge in [0.05, 0.1) is 12.7 Å². The fourth-order valence-electron chi connectivity index (χ4n) is 0.491. The molecule has 0 aliphatic rings. The molecule has 0 fully saturated rings. The summed E-state index contributed by atoms with van der Waals surface area (Å²) >= 11 is 0. The van der Waals surface area contributed by atoms with Crippen LogP contribution in [0.15, 0.2) is 0 Å². The lowest BCUT2D eigenvalue weighted by Gasteiger charge is -2.03. The number of nitrogens with zero attached hydrogens (tertiary/aromatic N) is 1. The summed E-state index contributed by atoms with van der Waals surface area (Å²) in [5, 5.41) is 7.69. The average Bonchev–Trinajstić information content (AvgIpc) is 2.05. The quantitative estimate of drug-likeness (QED) is 0.618. The second-order valence-electron chi connectivity index (χ2n) is 2.85. The molecule has 1 atom stereocenters. The Hall–Kier alpha value is -1.12. The van der Waals surface area contributed by atoms with Gasteiger partial charge in [0, 0.05) is 12.6 Å². The average molecular weight is 201 g/mol. The summed E-state index contributed by atoms with van der Waals surface area (Å²) in [5.74, 6) is -0.572. The molecule has 1 amide bonds. The molecule has 5 nitrogen and oxygen atoms in total. The maximum absolute atomic E-state index is 9.60. The first-order valence-electron chi connectivity index (χ1n) is 4.53. The largest absolute Gasteiger partial charge is 0.380 e. The lowest BCUT2D eigenvalue weighted by Crippen LogP contribution is -2.21. The van der Waals surface area contributed by atoms with Crippen LogP contribution in [0.4, 0.5) is 0 Å². The van der Waals surface area contributed by atoms with Crippen molar-refractivity contribution in [3.63, 3.8) is 0 Å². The molecule has 0 saturated carbocycles. The lowest BCUT2D eigenvalue weighted by atomic mass is 10.4. The summed E-state index contributed by atoms with van der Waals surface area (Å²) in [7, 11) is 0. The van der Waals surface area contributed by atoms with Crippen molar-refractivity contribution < 1.29 is 9.53 Å². The highest BCUT2D eigenvalue weighted by molar-refractivity contribution is 5.75. The van der Waals surface area contributed by atoms with Crippen molar-refractivity contribution in [3.8, 4) is 6.07 Å². The zero-order chi connectivity index (χ0) is 11.4. The Morgan fingerprint density at radius 2 is 2.21 bits per heavy atom. The number of carbonyl (C=O) groups is 1. The Kier molecular flexibility index (Phi) is 13.0. The number of nitrogens with two attached hydrogens (primary N) is 2. The molecule has 0 spiro atoms. The molecule has 0 aromatic carbocycles. The Bertz CT molecular complexity index is 175.